The lowest BCUT2D eigenvalue weighted by Crippen LogP contribution is -2.23. The SMILES string of the molecule is CN=C1S/C(=C/c2cc(Br)ccc2OCC(=O)O)C(=O)N1C. The molecule has 0 saturated carbocycles. The van der Waals surface area contributed by atoms with Crippen LogP contribution in [0.1, 0.15) is 5.56 Å². The molecule has 1 amide bonds. The van der Waals surface area contributed by atoms with Crippen LogP contribution in [-0.4, -0.2) is 47.8 Å². The van der Waals surface area contributed by atoms with E-state index >= 15 is 0 Å². The molecule has 1 aliphatic rings. The van der Waals surface area contributed by atoms with Crippen LogP contribution >= 0.6 is 27.7 Å². The second-order valence-electron chi connectivity index (χ2n) is 4.35. The fraction of sp³-hybridized carbons (Fsp3) is 0.214. The Bertz CT molecular complexity index is 687. The normalized spacial score (nSPS) is 18.3. The van der Waals surface area contributed by atoms with E-state index in [2.05, 4.69) is 20.9 Å². The van der Waals surface area contributed by atoms with Gasteiger partial charge in [0.1, 0.15) is 5.75 Å². The molecule has 0 radical (unpaired) electrons. The molecule has 1 saturated heterocycles. The molecule has 1 aromatic carbocycles. The van der Waals surface area contributed by atoms with Gasteiger partial charge >= 0.3 is 5.97 Å². The van der Waals surface area contributed by atoms with Crippen molar-refractivity contribution in [1.29, 1.82) is 0 Å². The molecular formula is C14H13BrN2O4S. The number of carbonyl (C=O) groups is 2. The molecule has 0 aromatic heterocycles. The van der Waals surface area contributed by atoms with E-state index in [0.29, 0.717) is 21.4 Å². The van der Waals surface area contributed by atoms with Crippen molar-refractivity contribution < 1.29 is 19.4 Å². The highest BCUT2D eigenvalue weighted by Gasteiger charge is 2.30. The van der Waals surface area contributed by atoms with Gasteiger partial charge in [-0.05, 0) is 36.0 Å². The first-order valence-corrected chi connectivity index (χ1v) is 7.82. The largest absolute Gasteiger partial charge is 0.481 e. The smallest absolute Gasteiger partial charge is 0.341 e. The standard InChI is InChI=1S/C14H13BrN2O4S/c1-16-14-17(2)13(20)11(22-14)6-8-5-9(15)3-4-10(8)21-7-12(18)19/h3-6H,7H2,1-2H3,(H,18,19)/b11-6+,16-14?. The third-order valence-corrected chi connectivity index (χ3v) is 4.45. The molecule has 0 unspecified atom stereocenters. The third-order valence-electron chi connectivity index (χ3n) is 2.80. The Kier molecular flexibility index (Phi) is 5.25. The Balaban J connectivity index is 2.36. The zero-order chi connectivity index (χ0) is 16.3. The van der Waals surface area contributed by atoms with E-state index in [-0.39, 0.29) is 5.91 Å². The van der Waals surface area contributed by atoms with Crippen molar-refractivity contribution in [2.75, 3.05) is 20.7 Å². The number of amides is 1. The van der Waals surface area contributed by atoms with Crippen LogP contribution in [0.15, 0.2) is 32.6 Å². The van der Waals surface area contributed by atoms with Crippen LogP contribution in [0.3, 0.4) is 0 Å². The Morgan fingerprint density at radius 3 is 2.86 bits per heavy atom. The molecule has 116 valence electrons. The molecule has 0 aliphatic carbocycles. The van der Waals surface area contributed by atoms with Crippen LogP contribution < -0.4 is 4.74 Å². The van der Waals surface area contributed by atoms with Crippen molar-refractivity contribution in [1.82, 2.24) is 4.90 Å². The van der Waals surface area contributed by atoms with E-state index in [9.17, 15) is 9.59 Å². The van der Waals surface area contributed by atoms with Gasteiger partial charge in [0.05, 0.1) is 4.91 Å². The number of aliphatic carboxylic acids is 1. The number of benzene rings is 1. The predicted molar refractivity (Wildman–Crippen MR) is 89.0 cm³/mol. The van der Waals surface area contributed by atoms with E-state index in [1.165, 1.54) is 16.7 Å². The number of amidine groups is 1. The fourth-order valence-electron chi connectivity index (χ4n) is 1.79. The molecule has 1 aromatic rings. The van der Waals surface area contributed by atoms with E-state index < -0.39 is 12.6 Å². The number of nitrogens with zero attached hydrogens (tertiary/aromatic N) is 2. The Morgan fingerprint density at radius 2 is 2.27 bits per heavy atom. The maximum Gasteiger partial charge on any atom is 0.341 e. The lowest BCUT2D eigenvalue weighted by molar-refractivity contribution is -0.139. The summed E-state index contributed by atoms with van der Waals surface area (Å²) in [6.07, 6.45) is 1.67. The number of ether oxygens (including phenoxy) is 1. The molecule has 6 nitrogen and oxygen atoms in total. The number of rotatable bonds is 4. The van der Waals surface area contributed by atoms with Crippen molar-refractivity contribution in [2.45, 2.75) is 0 Å². The van der Waals surface area contributed by atoms with Gasteiger partial charge in [-0.3, -0.25) is 14.7 Å². The highest BCUT2D eigenvalue weighted by atomic mass is 79.9. The number of hydrogen-bond donors (Lipinski definition) is 1. The quantitative estimate of drug-likeness (QED) is 0.806. The summed E-state index contributed by atoms with van der Waals surface area (Å²) in [5.41, 5.74) is 0.622. The molecular weight excluding hydrogens is 372 g/mol. The number of likely N-dealkylation sites (N-methyl/N-ethyl adjacent to an activating group) is 1. The average molecular weight is 385 g/mol. The summed E-state index contributed by atoms with van der Waals surface area (Å²) in [6.45, 7) is -0.444. The Hall–Kier alpha value is -1.80. The zero-order valence-corrected chi connectivity index (χ0v) is 14.3. The summed E-state index contributed by atoms with van der Waals surface area (Å²) in [4.78, 5) is 28.8. The summed E-state index contributed by atoms with van der Waals surface area (Å²) in [7, 11) is 3.27. The number of halogens is 1. The first-order chi connectivity index (χ1) is 10.4. The summed E-state index contributed by atoms with van der Waals surface area (Å²) in [5, 5.41) is 9.33. The van der Waals surface area contributed by atoms with Crippen LogP contribution in [-0.2, 0) is 9.59 Å². The Labute approximate surface area is 140 Å². The minimum Gasteiger partial charge on any atom is -0.481 e. The van der Waals surface area contributed by atoms with Crippen molar-refractivity contribution in [3.8, 4) is 5.75 Å². The number of aliphatic imine (C=N–C) groups is 1. The fourth-order valence-corrected chi connectivity index (χ4v) is 3.09. The molecule has 1 fully saturated rings. The van der Waals surface area contributed by atoms with E-state index in [0.717, 1.165) is 4.47 Å². The molecule has 1 heterocycles. The highest BCUT2D eigenvalue weighted by molar-refractivity contribution is 9.10. The summed E-state index contributed by atoms with van der Waals surface area (Å²) >= 11 is 4.61. The van der Waals surface area contributed by atoms with E-state index in [1.54, 1.807) is 38.4 Å². The van der Waals surface area contributed by atoms with E-state index in [1.807, 2.05) is 0 Å². The number of thioether (sulfide) groups is 1. The Morgan fingerprint density at radius 1 is 1.55 bits per heavy atom. The molecule has 22 heavy (non-hydrogen) atoms. The first-order valence-electron chi connectivity index (χ1n) is 6.21. The first kappa shape index (κ1) is 16.6. The molecule has 8 heteroatoms. The van der Waals surface area contributed by atoms with Gasteiger partial charge in [0.15, 0.2) is 11.8 Å². The zero-order valence-electron chi connectivity index (χ0n) is 11.9. The number of carboxylic acid groups (broad SMARTS) is 1. The van der Waals surface area contributed by atoms with Crippen LogP contribution in [0.5, 0.6) is 5.75 Å². The number of carbonyl (C=O) groups excluding carboxylic acids is 1. The molecule has 1 N–H and O–H groups in total. The van der Waals surface area contributed by atoms with Crippen molar-refractivity contribution in [2.24, 2.45) is 4.99 Å². The van der Waals surface area contributed by atoms with Gasteiger partial charge in [-0.2, -0.15) is 0 Å². The van der Waals surface area contributed by atoms with E-state index in [4.69, 9.17) is 9.84 Å². The average Bonchev–Trinajstić information content (AvgIpc) is 2.74. The van der Waals surface area contributed by atoms with Crippen molar-refractivity contribution in [3.05, 3.63) is 33.1 Å². The maximum absolute atomic E-state index is 12.2. The predicted octanol–water partition coefficient (Wildman–Crippen LogP) is 2.44. The second-order valence-corrected chi connectivity index (χ2v) is 6.27. The number of carboxylic acids is 1. The topological polar surface area (TPSA) is 79.2 Å². The van der Waals surface area contributed by atoms with Gasteiger partial charge in [-0.25, -0.2) is 4.79 Å². The molecule has 0 atom stereocenters. The summed E-state index contributed by atoms with van der Waals surface area (Å²) < 4.78 is 6.05. The van der Waals surface area contributed by atoms with Gasteiger partial charge in [0.25, 0.3) is 5.91 Å². The molecule has 2 rings (SSSR count). The second kappa shape index (κ2) is 6.97. The summed E-state index contributed by atoms with van der Waals surface area (Å²) in [6, 6.07) is 5.16. The van der Waals surface area contributed by atoms with Gasteiger partial charge < -0.3 is 9.84 Å². The van der Waals surface area contributed by atoms with Crippen LogP contribution in [0, 0.1) is 0 Å². The lowest BCUT2D eigenvalue weighted by atomic mass is 10.2. The number of hydrogen-bond acceptors (Lipinski definition) is 5. The lowest BCUT2D eigenvalue weighted by Gasteiger charge is -2.08. The monoisotopic (exact) mass is 384 g/mol. The van der Waals surface area contributed by atoms with Gasteiger partial charge in [-0.15, -0.1) is 0 Å². The van der Waals surface area contributed by atoms with Gasteiger partial charge in [0, 0.05) is 24.1 Å². The van der Waals surface area contributed by atoms with Crippen LogP contribution in [0.4, 0.5) is 0 Å². The van der Waals surface area contributed by atoms with Crippen LogP contribution in [0.25, 0.3) is 6.08 Å². The highest BCUT2D eigenvalue weighted by Crippen LogP contribution is 2.34. The molecule has 0 spiro atoms. The third kappa shape index (κ3) is 3.69. The minimum atomic E-state index is -1.06. The van der Waals surface area contributed by atoms with Gasteiger partial charge in [-0.1, -0.05) is 15.9 Å². The molecule has 1 aliphatic heterocycles. The molecule has 0 bridgehead atoms. The van der Waals surface area contributed by atoms with Crippen molar-refractivity contribution >= 4 is 50.8 Å². The van der Waals surface area contributed by atoms with Crippen LogP contribution in [0.2, 0.25) is 0 Å². The van der Waals surface area contributed by atoms with Gasteiger partial charge in [0.2, 0.25) is 0 Å². The minimum absolute atomic E-state index is 0.158. The maximum atomic E-state index is 12.2. The summed E-state index contributed by atoms with van der Waals surface area (Å²) in [5.74, 6) is -0.821. The van der Waals surface area contributed by atoms with Crippen molar-refractivity contribution in [3.63, 3.8) is 0 Å².